The van der Waals surface area contributed by atoms with Crippen molar-refractivity contribution >= 4 is 11.9 Å². The number of piperidine rings is 1. The predicted octanol–water partition coefficient (Wildman–Crippen LogP) is 3.10. The van der Waals surface area contributed by atoms with E-state index in [0.717, 1.165) is 43.8 Å². The number of benzene rings is 1. The van der Waals surface area contributed by atoms with Gasteiger partial charge in [-0.05, 0) is 55.5 Å². The first kappa shape index (κ1) is 24.3. The first-order valence-electron chi connectivity index (χ1n) is 11.5. The third kappa shape index (κ3) is 5.51. The molecule has 0 aliphatic carbocycles. The molecule has 0 aromatic heterocycles. The summed E-state index contributed by atoms with van der Waals surface area (Å²) in [6.07, 6.45) is 6.64. The van der Waals surface area contributed by atoms with Crippen LogP contribution in [-0.4, -0.2) is 74.3 Å². The van der Waals surface area contributed by atoms with Crippen LogP contribution in [-0.2, 0) is 16.0 Å². The number of hydrogen-bond donors (Lipinski definition) is 1. The number of nitrogens with one attached hydrogen (secondary N) is 1. The summed E-state index contributed by atoms with van der Waals surface area (Å²) in [6.45, 7) is 7.69. The molecular formula is C25H37N3O4. The van der Waals surface area contributed by atoms with Crippen molar-refractivity contribution in [2.45, 2.75) is 38.6 Å². The lowest BCUT2D eigenvalue weighted by Crippen LogP contribution is -2.57. The summed E-state index contributed by atoms with van der Waals surface area (Å²) in [5.74, 6) is 1.23. The molecule has 2 saturated heterocycles. The van der Waals surface area contributed by atoms with E-state index in [1.165, 1.54) is 4.90 Å². The molecule has 32 heavy (non-hydrogen) atoms. The number of nitrogens with zero attached hydrogens (tertiary/aromatic N) is 2. The Morgan fingerprint density at radius 1 is 1.22 bits per heavy atom. The summed E-state index contributed by atoms with van der Waals surface area (Å²) < 4.78 is 10.5. The average Bonchev–Trinajstić information content (AvgIpc) is 3.02. The zero-order valence-electron chi connectivity index (χ0n) is 19.8. The minimum absolute atomic E-state index is 0.0722. The Kier molecular flexibility index (Phi) is 8.32. The average molecular weight is 444 g/mol. The molecule has 1 aromatic rings. The zero-order valence-corrected chi connectivity index (χ0v) is 19.8. The van der Waals surface area contributed by atoms with E-state index in [2.05, 4.69) is 36.2 Å². The van der Waals surface area contributed by atoms with Crippen LogP contribution >= 0.6 is 0 Å². The van der Waals surface area contributed by atoms with Gasteiger partial charge in [-0.25, -0.2) is 4.79 Å². The molecule has 2 heterocycles. The second kappa shape index (κ2) is 11.0. The molecule has 7 nitrogen and oxygen atoms in total. The number of likely N-dealkylation sites (tertiary alicyclic amines) is 1. The number of amides is 3. The molecule has 2 fully saturated rings. The number of rotatable bonds is 10. The van der Waals surface area contributed by atoms with Crippen LogP contribution < -0.4 is 10.1 Å². The van der Waals surface area contributed by atoms with Gasteiger partial charge in [-0.3, -0.25) is 14.6 Å². The van der Waals surface area contributed by atoms with Crippen molar-refractivity contribution in [3.63, 3.8) is 0 Å². The SMILES string of the molecule is COCCN1C(=O)N[C@@](Cc2cccc(OC)c2)(C2CCN(C/C=C/C(C)C)CC2)C1=O. The van der Waals surface area contributed by atoms with Crippen LogP contribution in [0.1, 0.15) is 32.3 Å². The molecule has 0 radical (unpaired) electrons. The Bertz CT molecular complexity index is 817. The van der Waals surface area contributed by atoms with Crippen LogP contribution in [0.5, 0.6) is 5.75 Å². The van der Waals surface area contributed by atoms with Crippen molar-refractivity contribution in [3.05, 3.63) is 42.0 Å². The van der Waals surface area contributed by atoms with E-state index in [9.17, 15) is 9.59 Å². The fourth-order valence-electron chi connectivity index (χ4n) is 4.77. The molecule has 176 valence electrons. The summed E-state index contributed by atoms with van der Waals surface area (Å²) in [5, 5.41) is 3.11. The number of ether oxygens (including phenoxy) is 2. The van der Waals surface area contributed by atoms with Crippen molar-refractivity contribution in [1.82, 2.24) is 15.1 Å². The highest BCUT2D eigenvalue weighted by Gasteiger charge is 2.55. The van der Waals surface area contributed by atoms with Gasteiger partial charge in [0, 0.05) is 20.1 Å². The van der Waals surface area contributed by atoms with Gasteiger partial charge in [0.05, 0.1) is 20.3 Å². The van der Waals surface area contributed by atoms with Crippen LogP contribution in [0.15, 0.2) is 36.4 Å². The number of hydrogen-bond acceptors (Lipinski definition) is 5. The molecule has 3 amide bonds. The lowest BCUT2D eigenvalue weighted by molar-refractivity contribution is -0.134. The van der Waals surface area contributed by atoms with Crippen molar-refractivity contribution in [2.75, 3.05) is 47.0 Å². The van der Waals surface area contributed by atoms with Gasteiger partial charge in [0.15, 0.2) is 0 Å². The van der Waals surface area contributed by atoms with Gasteiger partial charge < -0.3 is 14.8 Å². The monoisotopic (exact) mass is 443 g/mol. The van der Waals surface area contributed by atoms with E-state index in [-0.39, 0.29) is 24.4 Å². The molecule has 0 saturated carbocycles. The molecule has 2 aliphatic heterocycles. The molecule has 0 bridgehead atoms. The maximum Gasteiger partial charge on any atom is 0.325 e. The molecule has 7 heteroatoms. The predicted molar refractivity (Wildman–Crippen MR) is 125 cm³/mol. The molecule has 0 unspecified atom stereocenters. The minimum Gasteiger partial charge on any atom is -0.497 e. The molecule has 1 aromatic carbocycles. The van der Waals surface area contributed by atoms with Crippen LogP contribution in [0.2, 0.25) is 0 Å². The van der Waals surface area contributed by atoms with Gasteiger partial charge in [0.25, 0.3) is 5.91 Å². The Morgan fingerprint density at radius 3 is 2.62 bits per heavy atom. The molecule has 3 rings (SSSR count). The van der Waals surface area contributed by atoms with E-state index in [4.69, 9.17) is 9.47 Å². The zero-order chi connectivity index (χ0) is 23.1. The number of urea groups is 1. The summed E-state index contributed by atoms with van der Waals surface area (Å²) in [6, 6.07) is 7.43. The quantitative estimate of drug-likeness (QED) is 0.444. The number of methoxy groups -OCH3 is 2. The third-order valence-corrected chi connectivity index (χ3v) is 6.51. The Balaban J connectivity index is 1.80. The molecule has 1 N–H and O–H groups in total. The van der Waals surface area contributed by atoms with Gasteiger partial charge in [-0.2, -0.15) is 0 Å². The smallest absolute Gasteiger partial charge is 0.325 e. The molecule has 2 aliphatic rings. The fourth-order valence-corrected chi connectivity index (χ4v) is 4.77. The van der Waals surface area contributed by atoms with Gasteiger partial charge in [0.1, 0.15) is 11.3 Å². The summed E-state index contributed by atoms with van der Waals surface area (Å²) >= 11 is 0. The largest absolute Gasteiger partial charge is 0.497 e. The van der Waals surface area contributed by atoms with Crippen molar-refractivity contribution in [1.29, 1.82) is 0 Å². The van der Waals surface area contributed by atoms with E-state index < -0.39 is 5.54 Å². The number of carbonyl (C=O) groups excluding carboxylic acids is 2. The second-order valence-corrected chi connectivity index (χ2v) is 9.13. The van der Waals surface area contributed by atoms with Crippen molar-refractivity contribution in [3.8, 4) is 5.75 Å². The normalized spacial score (nSPS) is 22.8. The number of imide groups is 1. The van der Waals surface area contributed by atoms with Gasteiger partial charge in [0.2, 0.25) is 0 Å². The highest BCUT2D eigenvalue weighted by atomic mass is 16.5. The molecular weight excluding hydrogens is 406 g/mol. The van der Waals surface area contributed by atoms with E-state index in [1.807, 2.05) is 24.3 Å². The highest BCUT2D eigenvalue weighted by Crippen LogP contribution is 2.37. The minimum atomic E-state index is -0.933. The van der Waals surface area contributed by atoms with Crippen LogP contribution in [0.4, 0.5) is 4.79 Å². The van der Waals surface area contributed by atoms with Crippen molar-refractivity contribution in [2.24, 2.45) is 11.8 Å². The fraction of sp³-hybridized carbons (Fsp3) is 0.600. The highest BCUT2D eigenvalue weighted by molar-refractivity contribution is 6.07. The second-order valence-electron chi connectivity index (χ2n) is 9.13. The third-order valence-electron chi connectivity index (χ3n) is 6.51. The van der Waals surface area contributed by atoms with E-state index in [1.54, 1.807) is 14.2 Å². The van der Waals surface area contributed by atoms with Gasteiger partial charge in [-0.15, -0.1) is 0 Å². The molecule has 0 spiro atoms. The lowest BCUT2D eigenvalue weighted by atomic mass is 9.74. The Morgan fingerprint density at radius 2 is 1.97 bits per heavy atom. The Hall–Kier alpha value is -2.38. The van der Waals surface area contributed by atoms with Gasteiger partial charge >= 0.3 is 6.03 Å². The Labute approximate surface area is 191 Å². The summed E-state index contributed by atoms with van der Waals surface area (Å²) in [7, 11) is 3.21. The van der Waals surface area contributed by atoms with Crippen molar-refractivity contribution < 1.29 is 19.1 Å². The van der Waals surface area contributed by atoms with Crippen LogP contribution in [0, 0.1) is 11.8 Å². The summed E-state index contributed by atoms with van der Waals surface area (Å²) in [5.41, 5.74) is 0.0470. The number of allylic oxidation sites excluding steroid dienone is 1. The lowest BCUT2D eigenvalue weighted by Gasteiger charge is -2.41. The topological polar surface area (TPSA) is 71.1 Å². The van der Waals surface area contributed by atoms with E-state index >= 15 is 0 Å². The first-order chi connectivity index (χ1) is 15.4. The van der Waals surface area contributed by atoms with E-state index in [0.29, 0.717) is 18.9 Å². The van der Waals surface area contributed by atoms with Gasteiger partial charge in [-0.1, -0.05) is 38.1 Å². The molecule has 1 atom stereocenters. The maximum absolute atomic E-state index is 13.7. The maximum atomic E-state index is 13.7. The summed E-state index contributed by atoms with van der Waals surface area (Å²) in [4.78, 5) is 30.2. The van der Waals surface area contributed by atoms with Crippen LogP contribution in [0.25, 0.3) is 0 Å². The van der Waals surface area contributed by atoms with Crippen LogP contribution in [0.3, 0.4) is 0 Å². The number of carbonyl (C=O) groups is 2. The first-order valence-corrected chi connectivity index (χ1v) is 11.5. The standard InChI is InChI=1S/C25H37N3O4/c1-19(2)7-6-12-27-13-10-21(11-14-27)25(18-20-8-5-9-22(17-20)32-4)23(29)28(15-16-31-3)24(30)26-25/h5-9,17,19,21H,10-16,18H2,1-4H3,(H,26,30)/b7-6+/t25-/m0/s1.